The van der Waals surface area contributed by atoms with E-state index >= 15 is 0 Å². The van der Waals surface area contributed by atoms with E-state index in [2.05, 4.69) is 0 Å². The van der Waals surface area contributed by atoms with Crippen LogP contribution in [0.1, 0.15) is 0 Å². The zero-order valence-electron chi connectivity index (χ0n) is 7.48. The molecule has 0 saturated carbocycles. The smallest absolute Gasteiger partial charge is 0.127 e. The summed E-state index contributed by atoms with van der Waals surface area (Å²) in [4.78, 5) is 0. The minimum absolute atomic E-state index is 0. The van der Waals surface area contributed by atoms with Gasteiger partial charge in [0.2, 0.25) is 0 Å². The van der Waals surface area contributed by atoms with Crippen LogP contribution in [0.15, 0.2) is 60.7 Å². The van der Waals surface area contributed by atoms with E-state index in [1.165, 1.54) is 0 Å². The van der Waals surface area contributed by atoms with Crippen molar-refractivity contribution in [3.05, 3.63) is 60.7 Å². The molecule has 1 radical (unpaired) electrons. The molecule has 2 heteroatoms. The van der Waals surface area contributed by atoms with E-state index in [4.69, 9.17) is 4.74 Å². The van der Waals surface area contributed by atoms with Gasteiger partial charge in [0, 0.05) is 17.1 Å². The standard InChI is InChI=1S/C12H10O.Cu/c1-3-7-11(8-4-1)13-12-9-5-2-6-10-12;/h1-10H;. The van der Waals surface area contributed by atoms with Gasteiger partial charge in [0.1, 0.15) is 11.5 Å². The van der Waals surface area contributed by atoms with Gasteiger partial charge >= 0.3 is 0 Å². The Morgan fingerprint density at radius 3 is 1.29 bits per heavy atom. The molecular weight excluding hydrogens is 224 g/mol. The molecule has 0 atom stereocenters. The van der Waals surface area contributed by atoms with Crippen molar-refractivity contribution in [3.63, 3.8) is 0 Å². The van der Waals surface area contributed by atoms with E-state index in [0.29, 0.717) is 0 Å². The van der Waals surface area contributed by atoms with Crippen LogP contribution in [0.2, 0.25) is 0 Å². The summed E-state index contributed by atoms with van der Waals surface area (Å²) >= 11 is 0. The van der Waals surface area contributed by atoms with Gasteiger partial charge in [-0.2, -0.15) is 0 Å². The average molecular weight is 234 g/mol. The Morgan fingerprint density at radius 2 is 0.929 bits per heavy atom. The Labute approximate surface area is 94.2 Å². The maximum atomic E-state index is 5.58. The van der Waals surface area contributed by atoms with E-state index in [1.54, 1.807) is 0 Å². The van der Waals surface area contributed by atoms with E-state index in [-0.39, 0.29) is 17.1 Å². The quantitative estimate of drug-likeness (QED) is 0.722. The third-order valence-electron chi connectivity index (χ3n) is 1.72. The molecular formula is C12H10CuO. The van der Waals surface area contributed by atoms with Gasteiger partial charge in [-0.25, -0.2) is 0 Å². The number of ether oxygens (including phenoxy) is 1. The predicted octanol–water partition coefficient (Wildman–Crippen LogP) is 3.48. The molecule has 2 rings (SSSR count). The minimum Gasteiger partial charge on any atom is -0.457 e. The number of benzene rings is 2. The molecule has 0 aliphatic heterocycles. The zero-order chi connectivity index (χ0) is 8.93. The maximum Gasteiger partial charge on any atom is 0.127 e. The molecule has 0 amide bonds. The van der Waals surface area contributed by atoms with Gasteiger partial charge in [0.25, 0.3) is 0 Å². The molecule has 1 nitrogen and oxygen atoms in total. The topological polar surface area (TPSA) is 9.23 Å². The van der Waals surface area contributed by atoms with Gasteiger partial charge in [0.05, 0.1) is 0 Å². The summed E-state index contributed by atoms with van der Waals surface area (Å²) in [6.45, 7) is 0. The second-order valence-electron chi connectivity index (χ2n) is 2.73. The van der Waals surface area contributed by atoms with Gasteiger partial charge in [-0.1, -0.05) is 36.4 Å². The van der Waals surface area contributed by atoms with Crippen molar-refractivity contribution < 1.29 is 21.8 Å². The summed E-state index contributed by atoms with van der Waals surface area (Å²) in [5, 5.41) is 0. The molecule has 0 bridgehead atoms. The van der Waals surface area contributed by atoms with E-state index in [9.17, 15) is 0 Å². The zero-order valence-corrected chi connectivity index (χ0v) is 8.42. The largest absolute Gasteiger partial charge is 0.457 e. The molecule has 0 N–H and O–H groups in total. The van der Waals surface area contributed by atoms with Crippen molar-refractivity contribution in [3.8, 4) is 11.5 Å². The van der Waals surface area contributed by atoms with Crippen LogP contribution in [0.3, 0.4) is 0 Å². The molecule has 2 aromatic carbocycles. The molecule has 2 aromatic rings. The Morgan fingerprint density at radius 1 is 0.571 bits per heavy atom. The van der Waals surface area contributed by atoms with Gasteiger partial charge in [0.15, 0.2) is 0 Å². The van der Waals surface area contributed by atoms with Crippen molar-refractivity contribution in [1.82, 2.24) is 0 Å². The molecule has 14 heavy (non-hydrogen) atoms. The molecule has 0 heterocycles. The van der Waals surface area contributed by atoms with Crippen molar-refractivity contribution in [2.45, 2.75) is 0 Å². The SMILES string of the molecule is [Cu].c1ccc(Oc2ccccc2)cc1. The van der Waals surface area contributed by atoms with Crippen molar-refractivity contribution >= 4 is 0 Å². The third-order valence-corrected chi connectivity index (χ3v) is 1.72. The Hall–Kier alpha value is -1.24. The molecule has 75 valence electrons. The second kappa shape index (κ2) is 5.48. The minimum atomic E-state index is 0. The molecule has 0 aliphatic carbocycles. The summed E-state index contributed by atoms with van der Waals surface area (Å²) in [5.74, 6) is 1.74. The third kappa shape index (κ3) is 2.91. The van der Waals surface area contributed by atoms with E-state index in [0.717, 1.165) is 11.5 Å². The van der Waals surface area contributed by atoms with Gasteiger partial charge in [-0.05, 0) is 24.3 Å². The van der Waals surface area contributed by atoms with E-state index < -0.39 is 0 Å². The molecule has 0 aliphatic rings. The fraction of sp³-hybridized carbons (Fsp3) is 0. The van der Waals surface area contributed by atoms with Gasteiger partial charge in [-0.3, -0.25) is 0 Å². The average Bonchev–Trinajstić information content (AvgIpc) is 2.21. The van der Waals surface area contributed by atoms with Crippen LogP contribution < -0.4 is 4.74 Å². The number of hydrogen-bond donors (Lipinski definition) is 0. The number of para-hydroxylation sites is 2. The van der Waals surface area contributed by atoms with Crippen molar-refractivity contribution in [2.24, 2.45) is 0 Å². The van der Waals surface area contributed by atoms with Crippen LogP contribution in [0.5, 0.6) is 11.5 Å². The van der Waals surface area contributed by atoms with Gasteiger partial charge in [-0.15, -0.1) is 0 Å². The molecule has 0 spiro atoms. The van der Waals surface area contributed by atoms with Crippen molar-refractivity contribution in [2.75, 3.05) is 0 Å². The predicted molar refractivity (Wildman–Crippen MR) is 53.0 cm³/mol. The fourth-order valence-corrected chi connectivity index (χ4v) is 1.11. The molecule has 0 fully saturated rings. The molecule has 0 unspecified atom stereocenters. The first-order valence-corrected chi connectivity index (χ1v) is 4.23. The van der Waals surface area contributed by atoms with Crippen LogP contribution in [0.4, 0.5) is 0 Å². The van der Waals surface area contributed by atoms with Crippen LogP contribution in [0.25, 0.3) is 0 Å². The Balaban J connectivity index is 0.000000980. The molecule has 0 aromatic heterocycles. The first-order valence-electron chi connectivity index (χ1n) is 4.23. The van der Waals surface area contributed by atoms with Crippen LogP contribution in [0, 0.1) is 0 Å². The summed E-state index contributed by atoms with van der Waals surface area (Å²) in [7, 11) is 0. The van der Waals surface area contributed by atoms with Crippen LogP contribution >= 0.6 is 0 Å². The Kier molecular flexibility index (Phi) is 4.24. The molecule has 0 saturated heterocycles. The fourth-order valence-electron chi connectivity index (χ4n) is 1.11. The summed E-state index contributed by atoms with van der Waals surface area (Å²) in [5.41, 5.74) is 0. The second-order valence-corrected chi connectivity index (χ2v) is 2.73. The normalized spacial score (nSPS) is 8.86. The van der Waals surface area contributed by atoms with Gasteiger partial charge < -0.3 is 4.74 Å². The van der Waals surface area contributed by atoms with Crippen LogP contribution in [-0.2, 0) is 17.1 Å². The first kappa shape index (κ1) is 10.8. The Bertz CT molecular complexity index is 321. The number of hydrogen-bond acceptors (Lipinski definition) is 1. The summed E-state index contributed by atoms with van der Waals surface area (Å²) in [6, 6.07) is 19.5. The van der Waals surface area contributed by atoms with Crippen LogP contribution in [-0.4, -0.2) is 0 Å². The van der Waals surface area contributed by atoms with E-state index in [1.807, 2.05) is 60.7 Å². The maximum absolute atomic E-state index is 5.58. The summed E-state index contributed by atoms with van der Waals surface area (Å²) < 4.78 is 5.58. The first-order chi connectivity index (χ1) is 6.45. The summed E-state index contributed by atoms with van der Waals surface area (Å²) in [6.07, 6.45) is 0. The monoisotopic (exact) mass is 233 g/mol. The number of rotatable bonds is 2. The van der Waals surface area contributed by atoms with Crippen molar-refractivity contribution in [1.29, 1.82) is 0 Å².